The van der Waals surface area contributed by atoms with Gasteiger partial charge in [-0.25, -0.2) is 0 Å². The number of nitrogens with two attached hydrogens (primary N) is 1. The molecule has 0 saturated carbocycles. The van der Waals surface area contributed by atoms with Crippen molar-refractivity contribution < 1.29 is 9.15 Å². The largest absolute Gasteiger partial charge is 0.496 e. The normalized spacial score (nSPS) is 12.5. The first-order valence-electron chi connectivity index (χ1n) is 6.56. The molecule has 3 nitrogen and oxygen atoms in total. The molecule has 2 aromatic rings. The fourth-order valence-electron chi connectivity index (χ4n) is 2.23. The highest BCUT2D eigenvalue weighted by Gasteiger charge is 2.19. The summed E-state index contributed by atoms with van der Waals surface area (Å²) in [4.78, 5) is 0. The summed E-state index contributed by atoms with van der Waals surface area (Å²) < 4.78 is 11.2. The van der Waals surface area contributed by atoms with Crippen LogP contribution in [0.25, 0.3) is 0 Å². The highest BCUT2D eigenvalue weighted by atomic mass is 16.5. The number of hydrogen-bond acceptors (Lipinski definition) is 3. The second kappa shape index (κ2) is 5.49. The van der Waals surface area contributed by atoms with Crippen molar-refractivity contribution in [3.8, 4) is 5.75 Å². The quantitative estimate of drug-likeness (QED) is 0.914. The molecule has 1 atom stereocenters. The van der Waals surface area contributed by atoms with Crippen LogP contribution in [0, 0.1) is 13.8 Å². The fourth-order valence-corrected chi connectivity index (χ4v) is 2.23. The Balaban J connectivity index is 2.43. The zero-order chi connectivity index (χ0) is 14.0. The van der Waals surface area contributed by atoms with Crippen LogP contribution in [0.15, 0.2) is 28.7 Å². The van der Waals surface area contributed by atoms with Crippen molar-refractivity contribution in [1.82, 2.24) is 0 Å². The lowest BCUT2D eigenvalue weighted by Gasteiger charge is -2.17. The smallest absolute Gasteiger partial charge is 0.127 e. The summed E-state index contributed by atoms with van der Waals surface area (Å²) in [7, 11) is 1.68. The van der Waals surface area contributed by atoms with E-state index in [0.29, 0.717) is 0 Å². The van der Waals surface area contributed by atoms with Crippen molar-refractivity contribution in [3.63, 3.8) is 0 Å². The van der Waals surface area contributed by atoms with Gasteiger partial charge in [-0.15, -0.1) is 0 Å². The van der Waals surface area contributed by atoms with Crippen LogP contribution in [0.2, 0.25) is 0 Å². The summed E-state index contributed by atoms with van der Waals surface area (Å²) in [6.45, 7) is 6.17. The van der Waals surface area contributed by atoms with Crippen molar-refractivity contribution in [2.24, 2.45) is 5.73 Å². The standard InChI is InChI=1S/C16H21NO2/c1-5-12-7-9-14(19-12)15(17)13-8-6-10(2)11(3)16(13)18-4/h6-9,15H,5,17H2,1-4H3. The van der Waals surface area contributed by atoms with Gasteiger partial charge in [0.15, 0.2) is 0 Å². The van der Waals surface area contributed by atoms with Gasteiger partial charge in [-0.05, 0) is 37.1 Å². The average molecular weight is 259 g/mol. The maximum Gasteiger partial charge on any atom is 0.127 e. The van der Waals surface area contributed by atoms with Gasteiger partial charge in [-0.3, -0.25) is 0 Å². The first-order valence-corrected chi connectivity index (χ1v) is 6.56. The Hall–Kier alpha value is -1.74. The Morgan fingerprint density at radius 1 is 1.21 bits per heavy atom. The third-order valence-corrected chi connectivity index (χ3v) is 3.58. The third-order valence-electron chi connectivity index (χ3n) is 3.58. The highest BCUT2D eigenvalue weighted by molar-refractivity contribution is 5.48. The van der Waals surface area contributed by atoms with Crippen LogP contribution in [-0.2, 0) is 6.42 Å². The van der Waals surface area contributed by atoms with Gasteiger partial charge in [0, 0.05) is 12.0 Å². The van der Waals surface area contributed by atoms with E-state index in [-0.39, 0.29) is 6.04 Å². The first kappa shape index (κ1) is 13.7. The van der Waals surface area contributed by atoms with E-state index in [9.17, 15) is 0 Å². The summed E-state index contributed by atoms with van der Waals surface area (Å²) in [5, 5.41) is 0. The van der Waals surface area contributed by atoms with Crippen molar-refractivity contribution in [2.45, 2.75) is 33.2 Å². The van der Waals surface area contributed by atoms with Crippen LogP contribution >= 0.6 is 0 Å². The SMILES string of the molecule is CCc1ccc(C(N)c2ccc(C)c(C)c2OC)o1. The minimum atomic E-state index is -0.297. The minimum Gasteiger partial charge on any atom is -0.496 e. The summed E-state index contributed by atoms with van der Waals surface area (Å²) in [6.07, 6.45) is 0.872. The summed E-state index contributed by atoms with van der Waals surface area (Å²) in [5.74, 6) is 2.58. The van der Waals surface area contributed by atoms with E-state index in [1.54, 1.807) is 7.11 Å². The topological polar surface area (TPSA) is 48.4 Å². The van der Waals surface area contributed by atoms with Gasteiger partial charge in [0.25, 0.3) is 0 Å². The molecule has 0 saturated heterocycles. The molecule has 1 unspecified atom stereocenters. The average Bonchev–Trinajstić information content (AvgIpc) is 2.89. The Kier molecular flexibility index (Phi) is 3.96. The van der Waals surface area contributed by atoms with E-state index in [0.717, 1.165) is 34.8 Å². The van der Waals surface area contributed by atoms with Crippen LogP contribution in [0.3, 0.4) is 0 Å². The van der Waals surface area contributed by atoms with E-state index >= 15 is 0 Å². The van der Waals surface area contributed by atoms with Crippen LogP contribution in [0.1, 0.15) is 41.2 Å². The molecule has 0 spiro atoms. The lowest BCUT2D eigenvalue weighted by molar-refractivity contribution is 0.397. The molecule has 2 N–H and O–H groups in total. The predicted octanol–water partition coefficient (Wildman–Crippen LogP) is 3.52. The molecule has 1 aromatic heterocycles. The van der Waals surface area contributed by atoms with E-state index in [4.69, 9.17) is 14.9 Å². The number of methoxy groups -OCH3 is 1. The van der Waals surface area contributed by atoms with Gasteiger partial charge in [0.1, 0.15) is 17.3 Å². The van der Waals surface area contributed by atoms with Crippen LogP contribution in [-0.4, -0.2) is 7.11 Å². The number of furan rings is 1. The summed E-state index contributed by atoms with van der Waals surface area (Å²) in [5.41, 5.74) is 9.59. The van der Waals surface area contributed by atoms with E-state index < -0.39 is 0 Å². The molecule has 0 aliphatic rings. The molecule has 3 heteroatoms. The molecule has 102 valence electrons. The maximum atomic E-state index is 6.31. The van der Waals surface area contributed by atoms with Crippen LogP contribution in [0.5, 0.6) is 5.75 Å². The molecular formula is C16H21NO2. The molecule has 1 aromatic carbocycles. The number of hydrogen-bond donors (Lipinski definition) is 1. The second-order valence-electron chi connectivity index (χ2n) is 4.77. The number of benzene rings is 1. The van der Waals surface area contributed by atoms with E-state index in [2.05, 4.69) is 19.9 Å². The number of aryl methyl sites for hydroxylation is 2. The van der Waals surface area contributed by atoms with Gasteiger partial charge in [-0.2, -0.15) is 0 Å². The van der Waals surface area contributed by atoms with Gasteiger partial charge < -0.3 is 14.9 Å². The molecular weight excluding hydrogens is 238 g/mol. The lowest BCUT2D eigenvalue weighted by atomic mass is 9.98. The third kappa shape index (κ3) is 2.51. The lowest BCUT2D eigenvalue weighted by Crippen LogP contribution is -2.13. The fraction of sp³-hybridized carbons (Fsp3) is 0.375. The Labute approximate surface area is 114 Å². The Morgan fingerprint density at radius 2 is 1.95 bits per heavy atom. The van der Waals surface area contributed by atoms with Crippen molar-refractivity contribution in [2.75, 3.05) is 7.11 Å². The Bertz CT molecular complexity index is 572. The molecule has 2 rings (SSSR count). The van der Waals surface area contributed by atoms with Crippen LogP contribution < -0.4 is 10.5 Å². The van der Waals surface area contributed by atoms with E-state index in [1.807, 2.05) is 25.1 Å². The Morgan fingerprint density at radius 3 is 2.53 bits per heavy atom. The zero-order valence-corrected chi connectivity index (χ0v) is 12.0. The van der Waals surface area contributed by atoms with E-state index in [1.165, 1.54) is 5.56 Å². The molecule has 1 heterocycles. The molecule has 0 fully saturated rings. The van der Waals surface area contributed by atoms with Gasteiger partial charge >= 0.3 is 0 Å². The highest BCUT2D eigenvalue weighted by Crippen LogP contribution is 2.33. The van der Waals surface area contributed by atoms with Gasteiger partial charge in [-0.1, -0.05) is 19.1 Å². The number of ether oxygens (including phenoxy) is 1. The molecule has 0 bridgehead atoms. The van der Waals surface area contributed by atoms with Crippen molar-refractivity contribution in [1.29, 1.82) is 0 Å². The minimum absolute atomic E-state index is 0.297. The first-order chi connectivity index (χ1) is 9.08. The van der Waals surface area contributed by atoms with Crippen molar-refractivity contribution >= 4 is 0 Å². The second-order valence-corrected chi connectivity index (χ2v) is 4.77. The maximum absolute atomic E-state index is 6.31. The van der Waals surface area contributed by atoms with Gasteiger partial charge in [0.2, 0.25) is 0 Å². The van der Waals surface area contributed by atoms with Crippen molar-refractivity contribution in [3.05, 3.63) is 52.5 Å². The molecule has 19 heavy (non-hydrogen) atoms. The monoisotopic (exact) mass is 259 g/mol. The molecule has 0 amide bonds. The summed E-state index contributed by atoms with van der Waals surface area (Å²) >= 11 is 0. The zero-order valence-electron chi connectivity index (χ0n) is 12.0. The molecule has 0 aliphatic heterocycles. The number of rotatable bonds is 4. The predicted molar refractivity (Wildman–Crippen MR) is 76.6 cm³/mol. The van der Waals surface area contributed by atoms with Crippen LogP contribution in [0.4, 0.5) is 0 Å². The molecule has 0 radical (unpaired) electrons. The van der Waals surface area contributed by atoms with Gasteiger partial charge in [0.05, 0.1) is 13.2 Å². The molecule has 0 aliphatic carbocycles. The summed E-state index contributed by atoms with van der Waals surface area (Å²) in [6, 6.07) is 7.70.